The molecule has 1 aliphatic heterocycles. The van der Waals surface area contributed by atoms with Crippen LogP contribution in [0.5, 0.6) is 5.75 Å². The molecular weight excluding hydrogens is 348 g/mol. The van der Waals surface area contributed by atoms with Gasteiger partial charge in [0.15, 0.2) is 0 Å². The highest BCUT2D eigenvalue weighted by Gasteiger charge is 2.36. The van der Waals surface area contributed by atoms with Crippen LogP contribution in [0.3, 0.4) is 0 Å². The third kappa shape index (κ3) is 3.41. The topological polar surface area (TPSA) is 88.8 Å². The Morgan fingerprint density at radius 1 is 1.28 bits per heavy atom. The van der Waals surface area contributed by atoms with Crippen molar-refractivity contribution in [2.24, 2.45) is 0 Å². The first-order valence-corrected chi connectivity index (χ1v) is 7.62. The lowest BCUT2D eigenvalue weighted by Gasteiger charge is -2.25. The van der Waals surface area contributed by atoms with E-state index in [2.05, 4.69) is 5.32 Å². The van der Waals surface area contributed by atoms with Crippen molar-refractivity contribution >= 4 is 35.5 Å². The lowest BCUT2D eigenvalue weighted by Crippen LogP contribution is -2.53. The van der Waals surface area contributed by atoms with Crippen LogP contribution in [-0.2, 0) is 16.1 Å². The number of carbonyl (C=O) groups excluding carboxylic acids is 3. The van der Waals surface area contributed by atoms with E-state index >= 15 is 0 Å². The second-order valence-electron chi connectivity index (χ2n) is 5.17. The Labute approximate surface area is 147 Å². The van der Waals surface area contributed by atoms with Gasteiger partial charge in [0, 0.05) is 10.6 Å². The van der Waals surface area contributed by atoms with Gasteiger partial charge in [-0.25, -0.2) is 4.79 Å². The molecule has 1 fully saturated rings. The Kier molecular flexibility index (Phi) is 4.58. The predicted molar refractivity (Wildman–Crippen MR) is 88.8 cm³/mol. The molecule has 0 spiro atoms. The number of rotatable bonds is 4. The molecule has 3 rings (SSSR count). The van der Waals surface area contributed by atoms with Crippen LogP contribution in [0.25, 0.3) is 6.08 Å². The maximum absolute atomic E-state index is 12.6. The molecule has 7 nitrogen and oxygen atoms in total. The minimum atomic E-state index is -0.804. The van der Waals surface area contributed by atoms with E-state index in [0.29, 0.717) is 22.1 Å². The molecule has 1 saturated heterocycles. The van der Waals surface area contributed by atoms with Gasteiger partial charge in [-0.1, -0.05) is 11.6 Å². The van der Waals surface area contributed by atoms with Crippen LogP contribution in [0.1, 0.15) is 11.3 Å². The number of furan rings is 1. The van der Waals surface area contributed by atoms with E-state index < -0.39 is 17.8 Å². The summed E-state index contributed by atoms with van der Waals surface area (Å²) in [7, 11) is 1.46. The summed E-state index contributed by atoms with van der Waals surface area (Å²) in [6, 6.07) is 7.26. The molecule has 2 aromatic rings. The van der Waals surface area contributed by atoms with Crippen molar-refractivity contribution in [3.63, 3.8) is 0 Å². The van der Waals surface area contributed by atoms with Gasteiger partial charge in [0.2, 0.25) is 0 Å². The molecule has 1 N–H and O–H groups in total. The van der Waals surface area contributed by atoms with Crippen molar-refractivity contribution in [2.75, 3.05) is 7.11 Å². The number of barbiturate groups is 1. The second kappa shape index (κ2) is 6.82. The first kappa shape index (κ1) is 16.8. The number of nitrogens with one attached hydrogen (secondary N) is 1. The summed E-state index contributed by atoms with van der Waals surface area (Å²) in [5, 5.41) is 2.55. The van der Waals surface area contributed by atoms with E-state index in [4.69, 9.17) is 20.8 Å². The summed E-state index contributed by atoms with van der Waals surface area (Å²) in [5.41, 5.74) is 0.243. The van der Waals surface area contributed by atoms with Crippen LogP contribution in [-0.4, -0.2) is 29.9 Å². The number of amides is 4. The summed E-state index contributed by atoms with van der Waals surface area (Å²) >= 11 is 5.96. The number of imide groups is 2. The molecule has 0 aliphatic carbocycles. The van der Waals surface area contributed by atoms with Crippen molar-refractivity contribution < 1.29 is 23.5 Å². The highest BCUT2D eigenvalue weighted by Crippen LogP contribution is 2.26. The number of ether oxygens (including phenoxy) is 1. The summed E-state index contributed by atoms with van der Waals surface area (Å²) < 4.78 is 10.4. The summed E-state index contributed by atoms with van der Waals surface area (Å²) in [6.45, 7) is -0.0883. The minimum Gasteiger partial charge on any atom is -0.496 e. The molecule has 1 aliphatic rings. The second-order valence-corrected chi connectivity index (χ2v) is 5.61. The third-order valence-corrected chi connectivity index (χ3v) is 3.81. The fraction of sp³-hybridized carbons (Fsp3) is 0.118. The van der Waals surface area contributed by atoms with Gasteiger partial charge < -0.3 is 9.15 Å². The van der Waals surface area contributed by atoms with E-state index in [-0.39, 0.29) is 12.1 Å². The van der Waals surface area contributed by atoms with Crippen molar-refractivity contribution in [1.29, 1.82) is 0 Å². The highest BCUT2D eigenvalue weighted by molar-refractivity contribution is 6.32. The minimum absolute atomic E-state index is 0.0883. The molecule has 1 aromatic heterocycles. The molecule has 128 valence electrons. The number of hydrogen-bond donors (Lipinski definition) is 1. The molecular formula is C17H13ClN2O5. The zero-order chi connectivity index (χ0) is 18.0. The molecule has 25 heavy (non-hydrogen) atoms. The zero-order valence-corrected chi connectivity index (χ0v) is 13.9. The maximum atomic E-state index is 12.6. The van der Waals surface area contributed by atoms with Gasteiger partial charge in [0.1, 0.15) is 17.1 Å². The molecule has 2 heterocycles. The van der Waals surface area contributed by atoms with Crippen LogP contribution < -0.4 is 10.1 Å². The average Bonchev–Trinajstić information content (AvgIpc) is 3.09. The molecule has 4 amide bonds. The van der Waals surface area contributed by atoms with E-state index in [1.54, 1.807) is 30.3 Å². The van der Waals surface area contributed by atoms with E-state index in [9.17, 15) is 14.4 Å². The number of hydrogen-bond acceptors (Lipinski definition) is 5. The Bertz CT molecular complexity index is 873. The van der Waals surface area contributed by atoms with Crippen molar-refractivity contribution in [3.05, 3.63) is 58.5 Å². The SMILES string of the molecule is COc1ccc(Cl)cc1C=C1C(=O)NC(=O)N(Cc2ccco2)C1=O. The van der Waals surface area contributed by atoms with Crippen LogP contribution in [0.15, 0.2) is 46.6 Å². The first-order valence-electron chi connectivity index (χ1n) is 7.24. The summed E-state index contributed by atoms with van der Waals surface area (Å²) in [6.07, 6.45) is 2.77. The van der Waals surface area contributed by atoms with Gasteiger partial charge in [-0.3, -0.25) is 19.8 Å². The van der Waals surface area contributed by atoms with Crippen molar-refractivity contribution in [3.8, 4) is 5.75 Å². The molecule has 8 heteroatoms. The third-order valence-electron chi connectivity index (χ3n) is 3.57. The van der Waals surface area contributed by atoms with E-state index in [0.717, 1.165) is 4.90 Å². The van der Waals surface area contributed by atoms with Crippen molar-refractivity contribution in [1.82, 2.24) is 10.2 Å². The molecule has 0 atom stereocenters. The van der Waals surface area contributed by atoms with Crippen LogP contribution in [0, 0.1) is 0 Å². The first-order chi connectivity index (χ1) is 12.0. The van der Waals surface area contributed by atoms with E-state index in [1.807, 2.05) is 0 Å². The summed E-state index contributed by atoms with van der Waals surface area (Å²) in [4.78, 5) is 37.6. The van der Waals surface area contributed by atoms with Gasteiger partial charge in [-0.05, 0) is 36.4 Å². The maximum Gasteiger partial charge on any atom is 0.331 e. The predicted octanol–water partition coefficient (Wildman–Crippen LogP) is 2.60. The molecule has 0 radical (unpaired) electrons. The quantitative estimate of drug-likeness (QED) is 0.668. The lowest BCUT2D eigenvalue weighted by atomic mass is 10.1. The van der Waals surface area contributed by atoms with Gasteiger partial charge in [-0.2, -0.15) is 0 Å². The van der Waals surface area contributed by atoms with Crippen molar-refractivity contribution in [2.45, 2.75) is 6.54 Å². The summed E-state index contributed by atoms with van der Waals surface area (Å²) in [5.74, 6) is -0.663. The molecule has 0 saturated carbocycles. The van der Waals surface area contributed by atoms with Crippen LogP contribution >= 0.6 is 11.6 Å². The van der Waals surface area contributed by atoms with Gasteiger partial charge in [0.25, 0.3) is 11.8 Å². The molecule has 1 aromatic carbocycles. The molecule has 0 bridgehead atoms. The largest absolute Gasteiger partial charge is 0.496 e. The van der Waals surface area contributed by atoms with Gasteiger partial charge >= 0.3 is 6.03 Å². The highest BCUT2D eigenvalue weighted by atomic mass is 35.5. The Hall–Kier alpha value is -3.06. The van der Waals surface area contributed by atoms with Crippen LogP contribution in [0.2, 0.25) is 5.02 Å². The monoisotopic (exact) mass is 360 g/mol. The number of nitrogens with zero attached hydrogens (tertiary/aromatic N) is 1. The standard InChI is InChI=1S/C17H13ClN2O5/c1-24-14-5-4-11(18)7-10(14)8-13-15(21)19-17(23)20(16(13)22)9-12-3-2-6-25-12/h2-8H,9H2,1H3,(H,19,21,23). The number of urea groups is 1. The van der Waals surface area contributed by atoms with E-state index in [1.165, 1.54) is 19.4 Å². The zero-order valence-electron chi connectivity index (χ0n) is 13.1. The smallest absolute Gasteiger partial charge is 0.331 e. The Morgan fingerprint density at radius 3 is 2.76 bits per heavy atom. The lowest BCUT2D eigenvalue weighted by molar-refractivity contribution is -0.130. The average molecular weight is 361 g/mol. The fourth-order valence-corrected chi connectivity index (χ4v) is 2.55. The normalized spacial score (nSPS) is 16.3. The molecule has 0 unspecified atom stereocenters. The van der Waals surface area contributed by atoms with Gasteiger partial charge in [-0.15, -0.1) is 0 Å². The number of methoxy groups -OCH3 is 1. The Morgan fingerprint density at radius 2 is 2.08 bits per heavy atom. The number of benzene rings is 1. The number of halogens is 1. The Balaban J connectivity index is 1.97. The van der Waals surface area contributed by atoms with Crippen LogP contribution in [0.4, 0.5) is 4.79 Å². The fourth-order valence-electron chi connectivity index (χ4n) is 2.37. The van der Waals surface area contributed by atoms with Gasteiger partial charge in [0.05, 0.1) is 19.9 Å². The number of carbonyl (C=O) groups is 3.